The fourth-order valence-electron chi connectivity index (χ4n) is 2.80. The van der Waals surface area contributed by atoms with Crippen LogP contribution in [-0.4, -0.2) is 41.7 Å². The molecule has 120 valence electrons. The van der Waals surface area contributed by atoms with Crippen LogP contribution < -0.4 is 5.32 Å². The topological polar surface area (TPSA) is 92.8 Å². The van der Waals surface area contributed by atoms with Gasteiger partial charge in [0.25, 0.3) is 11.8 Å². The Balaban J connectivity index is 1.97. The lowest BCUT2D eigenvalue weighted by Gasteiger charge is -2.27. The number of methoxy groups -OCH3 is 1. The highest BCUT2D eigenvalue weighted by atomic mass is 19.1. The summed E-state index contributed by atoms with van der Waals surface area (Å²) in [6.07, 6.45) is 0.0939. The quantitative estimate of drug-likeness (QED) is 0.813. The maximum absolute atomic E-state index is 13.9. The number of carbonyl (C=O) groups is 4. The molecular formula is C15H13FN2O5. The van der Waals surface area contributed by atoms with Crippen molar-refractivity contribution in [3.05, 3.63) is 34.6 Å². The minimum absolute atomic E-state index is 0.0348. The molecule has 0 aromatic heterocycles. The summed E-state index contributed by atoms with van der Waals surface area (Å²) in [5, 5.41) is 2.10. The van der Waals surface area contributed by atoms with Crippen molar-refractivity contribution in [1.82, 2.24) is 10.2 Å². The van der Waals surface area contributed by atoms with E-state index >= 15 is 0 Å². The molecule has 2 aliphatic rings. The zero-order valence-corrected chi connectivity index (χ0v) is 12.2. The van der Waals surface area contributed by atoms with Crippen LogP contribution in [0, 0.1) is 5.82 Å². The van der Waals surface area contributed by atoms with Gasteiger partial charge in [0.05, 0.1) is 17.7 Å². The van der Waals surface area contributed by atoms with Gasteiger partial charge in [0, 0.05) is 19.1 Å². The summed E-state index contributed by atoms with van der Waals surface area (Å²) < 4.78 is 18.8. The van der Waals surface area contributed by atoms with Crippen LogP contribution >= 0.6 is 0 Å². The summed E-state index contributed by atoms with van der Waals surface area (Å²) >= 11 is 0. The number of halogens is 1. The SMILES string of the molecule is COCc1cc2c(cc1F)C(=O)N([C@H]1CCC(=O)NC1=O)C2=O. The summed E-state index contributed by atoms with van der Waals surface area (Å²) in [6, 6.07) is 1.19. The van der Waals surface area contributed by atoms with E-state index in [0.717, 1.165) is 11.0 Å². The molecule has 0 aliphatic carbocycles. The van der Waals surface area contributed by atoms with E-state index < -0.39 is 35.5 Å². The van der Waals surface area contributed by atoms with Crippen LogP contribution in [0.4, 0.5) is 4.39 Å². The predicted octanol–water partition coefficient (Wildman–Crippen LogP) is 0.373. The van der Waals surface area contributed by atoms with Gasteiger partial charge in [-0.3, -0.25) is 29.4 Å². The van der Waals surface area contributed by atoms with Crippen LogP contribution in [0.5, 0.6) is 0 Å². The lowest BCUT2D eigenvalue weighted by molar-refractivity contribution is -0.136. The fourth-order valence-corrected chi connectivity index (χ4v) is 2.80. The number of carbonyl (C=O) groups excluding carboxylic acids is 4. The highest BCUT2D eigenvalue weighted by molar-refractivity contribution is 6.23. The molecule has 1 saturated heterocycles. The molecule has 7 nitrogen and oxygen atoms in total. The molecule has 1 N–H and O–H groups in total. The van der Waals surface area contributed by atoms with Crippen LogP contribution in [0.3, 0.4) is 0 Å². The van der Waals surface area contributed by atoms with Gasteiger partial charge in [-0.1, -0.05) is 0 Å². The standard InChI is InChI=1S/C15H13FN2O5/c1-23-6-7-4-8-9(5-10(7)16)15(22)18(14(8)21)11-2-3-12(19)17-13(11)20/h4-5,11H,2-3,6H2,1H3,(H,17,19,20)/t11-/m0/s1. The third kappa shape index (κ3) is 2.40. The zero-order chi connectivity index (χ0) is 16.7. The second kappa shape index (κ2) is 5.54. The minimum atomic E-state index is -1.06. The normalized spacial score (nSPS) is 20.8. The van der Waals surface area contributed by atoms with Crippen molar-refractivity contribution < 1.29 is 28.3 Å². The van der Waals surface area contributed by atoms with Gasteiger partial charge in [0.2, 0.25) is 11.8 Å². The maximum Gasteiger partial charge on any atom is 0.262 e. The van der Waals surface area contributed by atoms with Crippen molar-refractivity contribution in [3.8, 4) is 0 Å². The van der Waals surface area contributed by atoms with E-state index in [4.69, 9.17) is 4.74 Å². The molecule has 4 amide bonds. The maximum atomic E-state index is 13.9. The van der Waals surface area contributed by atoms with Crippen molar-refractivity contribution in [2.75, 3.05) is 7.11 Å². The van der Waals surface area contributed by atoms with E-state index in [1.165, 1.54) is 13.2 Å². The molecule has 0 spiro atoms. The number of fused-ring (bicyclic) bond motifs is 1. The van der Waals surface area contributed by atoms with E-state index in [-0.39, 0.29) is 36.1 Å². The summed E-state index contributed by atoms with van der Waals surface area (Å²) in [5.74, 6) is -3.21. The lowest BCUT2D eigenvalue weighted by Crippen LogP contribution is -2.54. The molecule has 0 saturated carbocycles. The number of piperidine rings is 1. The highest BCUT2D eigenvalue weighted by Crippen LogP contribution is 2.29. The largest absolute Gasteiger partial charge is 0.380 e. The zero-order valence-electron chi connectivity index (χ0n) is 12.2. The Labute approximate surface area is 130 Å². The molecule has 0 unspecified atom stereocenters. The van der Waals surface area contributed by atoms with E-state index in [1.807, 2.05) is 0 Å². The van der Waals surface area contributed by atoms with Crippen molar-refractivity contribution in [2.24, 2.45) is 0 Å². The summed E-state index contributed by atoms with van der Waals surface area (Å²) in [5.41, 5.74) is 0.0997. The number of amides is 4. The third-order valence-corrected chi connectivity index (χ3v) is 3.91. The van der Waals surface area contributed by atoms with Gasteiger partial charge in [-0.2, -0.15) is 0 Å². The lowest BCUT2D eigenvalue weighted by atomic mass is 10.0. The first-order valence-electron chi connectivity index (χ1n) is 6.97. The molecule has 2 heterocycles. The summed E-state index contributed by atoms with van der Waals surface area (Å²) in [6.45, 7) is -0.0427. The second-order valence-corrected chi connectivity index (χ2v) is 5.37. The molecule has 2 aliphatic heterocycles. The number of ether oxygens (including phenoxy) is 1. The van der Waals surface area contributed by atoms with E-state index in [1.54, 1.807) is 0 Å². The molecular weight excluding hydrogens is 307 g/mol. The number of imide groups is 2. The molecule has 0 bridgehead atoms. The van der Waals surface area contributed by atoms with Gasteiger partial charge in [-0.15, -0.1) is 0 Å². The van der Waals surface area contributed by atoms with Gasteiger partial charge in [0.1, 0.15) is 11.9 Å². The van der Waals surface area contributed by atoms with Crippen molar-refractivity contribution >= 4 is 23.6 Å². The first kappa shape index (κ1) is 15.3. The van der Waals surface area contributed by atoms with Gasteiger partial charge >= 0.3 is 0 Å². The minimum Gasteiger partial charge on any atom is -0.380 e. The van der Waals surface area contributed by atoms with Crippen LogP contribution in [0.25, 0.3) is 0 Å². The Morgan fingerprint density at radius 3 is 2.48 bits per heavy atom. The molecule has 0 radical (unpaired) electrons. The number of nitrogens with zero attached hydrogens (tertiary/aromatic N) is 1. The van der Waals surface area contributed by atoms with Crippen LogP contribution in [0.1, 0.15) is 39.1 Å². The highest BCUT2D eigenvalue weighted by Gasteiger charge is 2.45. The van der Waals surface area contributed by atoms with Crippen LogP contribution in [0.15, 0.2) is 12.1 Å². The Hall–Kier alpha value is -2.61. The van der Waals surface area contributed by atoms with Gasteiger partial charge in [0.15, 0.2) is 0 Å². The average molecular weight is 320 g/mol. The van der Waals surface area contributed by atoms with E-state index in [9.17, 15) is 23.6 Å². The third-order valence-electron chi connectivity index (χ3n) is 3.91. The number of hydrogen-bond donors (Lipinski definition) is 1. The van der Waals surface area contributed by atoms with Crippen molar-refractivity contribution in [3.63, 3.8) is 0 Å². The summed E-state index contributed by atoms with van der Waals surface area (Å²) in [7, 11) is 1.38. The number of hydrogen-bond acceptors (Lipinski definition) is 5. The van der Waals surface area contributed by atoms with Crippen LogP contribution in [0.2, 0.25) is 0 Å². The Morgan fingerprint density at radius 1 is 1.22 bits per heavy atom. The summed E-state index contributed by atoms with van der Waals surface area (Å²) in [4.78, 5) is 48.8. The Kier molecular flexibility index (Phi) is 3.69. The number of rotatable bonds is 3. The Morgan fingerprint density at radius 2 is 1.87 bits per heavy atom. The van der Waals surface area contributed by atoms with Gasteiger partial charge in [-0.25, -0.2) is 4.39 Å². The van der Waals surface area contributed by atoms with Crippen molar-refractivity contribution in [1.29, 1.82) is 0 Å². The van der Waals surface area contributed by atoms with Crippen LogP contribution in [-0.2, 0) is 20.9 Å². The molecule has 3 rings (SSSR count). The number of nitrogens with one attached hydrogen (secondary N) is 1. The average Bonchev–Trinajstić information content (AvgIpc) is 2.72. The monoisotopic (exact) mass is 320 g/mol. The first-order chi connectivity index (χ1) is 10.9. The molecule has 8 heteroatoms. The molecule has 1 atom stereocenters. The van der Waals surface area contributed by atoms with E-state index in [2.05, 4.69) is 5.32 Å². The Bertz CT molecular complexity index is 746. The fraction of sp³-hybridized carbons (Fsp3) is 0.333. The second-order valence-electron chi connectivity index (χ2n) is 5.37. The molecule has 1 aromatic carbocycles. The van der Waals surface area contributed by atoms with Gasteiger partial charge < -0.3 is 4.74 Å². The first-order valence-corrected chi connectivity index (χ1v) is 6.97. The molecule has 23 heavy (non-hydrogen) atoms. The predicted molar refractivity (Wildman–Crippen MR) is 73.8 cm³/mol. The smallest absolute Gasteiger partial charge is 0.262 e. The van der Waals surface area contributed by atoms with E-state index in [0.29, 0.717) is 0 Å². The number of benzene rings is 1. The van der Waals surface area contributed by atoms with Crippen molar-refractivity contribution in [2.45, 2.75) is 25.5 Å². The molecule has 1 aromatic rings. The molecule has 1 fully saturated rings. The van der Waals surface area contributed by atoms with Gasteiger partial charge in [-0.05, 0) is 18.6 Å².